The van der Waals surface area contributed by atoms with Crippen molar-refractivity contribution in [3.8, 4) is 0 Å². The molecule has 1 nitrogen and oxygen atoms in total. The summed E-state index contributed by atoms with van der Waals surface area (Å²) in [5, 5.41) is 0. The van der Waals surface area contributed by atoms with E-state index in [2.05, 4.69) is 6.58 Å². The molecule has 0 bridgehead atoms. The van der Waals surface area contributed by atoms with Crippen molar-refractivity contribution in [3.05, 3.63) is 47.5 Å². The number of carbonyl (C=O) groups is 1. The van der Waals surface area contributed by atoms with Gasteiger partial charge in [0.05, 0.1) is 0 Å². The first-order valence-electron chi connectivity index (χ1n) is 4.34. The highest BCUT2D eigenvalue weighted by Crippen LogP contribution is 2.11. The molecule has 68 valence electrons. The fourth-order valence-electron chi connectivity index (χ4n) is 1.16. The quantitative estimate of drug-likeness (QED) is 0.644. The zero-order valence-corrected chi connectivity index (χ0v) is 8.13. The van der Waals surface area contributed by atoms with Gasteiger partial charge in [0.15, 0.2) is 5.78 Å². The van der Waals surface area contributed by atoms with E-state index in [9.17, 15) is 4.79 Å². The maximum atomic E-state index is 11.0. The number of benzene rings is 1. The Morgan fingerprint density at radius 1 is 1.38 bits per heavy atom. The fraction of sp³-hybridized carbons (Fsp3) is 0.250. The van der Waals surface area contributed by atoms with E-state index in [1.807, 2.05) is 31.2 Å². The van der Waals surface area contributed by atoms with Crippen molar-refractivity contribution >= 4 is 5.78 Å². The summed E-state index contributed by atoms with van der Waals surface area (Å²) in [6, 6.07) is 8.05. The lowest BCUT2D eigenvalue weighted by molar-refractivity contribution is -0.113. The van der Waals surface area contributed by atoms with Gasteiger partial charge in [-0.3, -0.25) is 4.79 Å². The molecule has 0 heterocycles. The van der Waals surface area contributed by atoms with E-state index in [1.165, 1.54) is 11.1 Å². The van der Waals surface area contributed by atoms with Crippen LogP contribution in [-0.2, 0) is 11.2 Å². The number of Topliss-reactive ketones (excluding diaryl/α,β-unsaturated/α-hetero) is 1. The van der Waals surface area contributed by atoms with Crippen LogP contribution in [0.25, 0.3) is 0 Å². The molecule has 0 aliphatic carbocycles. The summed E-state index contributed by atoms with van der Waals surface area (Å²) in [5.41, 5.74) is 3.07. The van der Waals surface area contributed by atoms with Crippen LogP contribution in [0.5, 0.6) is 0 Å². The molecular formula is C12H14O. The molecule has 0 aromatic heterocycles. The molecule has 0 unspecified atom stereocenters. The number of ketones is 1. The number of carbonyl (C=O) groups excluding carboxylic acids is 1. The summed E-state index contributed by atoms with van der Waals surface area (Å²) < 4.78 is 0. The lowest BCUT2D eigenvalue weighted by Gasteiger charge is -2.05. The summed E-state index contributed by atoms with van der Waals surface area (Å²) >= 11 is 0. The molecule has 0 fully saturated rings. The Morgan fingerprint density at radius 2 is 2.00 bits per heavy atom. The van der Waals surface area contributed by atoms with Crippen LogP contribution < -0.4 is 0 Å². The van der Waals surface area contributed by atoms with Gasteiger partial charge >= 0.3 is 0 Å². The van der Waals surface area contributed by atoms with Gasteiger partial charge < -0.3 is 0 Å². The van der Waals surface area contributed by atoms with Crippen molar-refractivity contribution in [1.82, 2.24) is 0 Å². The first-order chi connectivity index (χ1) is 6.11. The van der Waals surface area contributed by atoms with Crippen molar-refractivity contribution in [1.29, 1.82) is 0 Å². The van der Waals surface area contributed by atoms with Crippen LogP contribution in [0.15, 0.2) is 36.4 Å². The number of rotatable bonds is 3. The van der Waals surface area contributed by atoms with Crippen molar-refractivity contribution < 1.29 is 4.79 Å². The van der Waals surface area contributed by atoms with Gasteiger partial charge in [0.25, 0.3) is 0 Å². The standard InChI is InChI=1S/C12H14O/c1-9-6-4-5-7-12(9)8-10(2)11(3)13/h4-7H,2,8H2,1,3H3. The van der Waals surface area contributed by atoms with Crippen molar-refractivity contribution in [2.24, 2.45) is 0 Å². The molecule has 1 aromatic carbocycles. The van der Waals surface area contributed by atoms with Gasteiger partial charge in [-0.05, 0) is 30.5 Å². The van der Waals surface area contributed by atoms with Gasteiger partial charge in [0.1, 0.15) is 0 Å². The lowest BCUT2D eigenvalue weighted by atomic mass is 10.00. The SMILES string of the molecule is C=C(Cc1ccccc1C)C(C)=O. The number of hydrogen-bond donors (Lipinski definition) is 0. The second-order valence-electron chi connectivity index (χ2n) is 3.26. The Morgan fingerprint density at radius 3 is 2.54 bits per heavy atom. The maximum Gasteiger partial charge on any atom is 0.155 e. The minimum absolute atomic E-state index is 0.0725. The van der Waals surface area contributed by atoms with Crippen molar-refractivity contribution in [2.45, 2.75) is 20.3 Å². The van der Waals surface area contributed by atoms with Crippen LogP contribution in [-0.4, -0.2) is 5.78 Å². The van der Waals surface area contributed by atoms with Crippen LogP contribution in [0, 0.1) is 6.92 Å². The third-order valence-corrected chi connectivity index (χ3v) is 2.16. The zero-order chi connectivity index (χ0) is 9.84. The Bertz CT molecular complexity index is 337. The van der Waals surface area contributed by atoms with Crippen LogP contribution in [0.1, 0.15) is 18.1 Å². The molecular weight excluding hydrogens is 160 g/mol. The van der Waals surface area contributed by atoms with Gasteiger partial charge in [0.2, 0.25) is 0 Å². The molecule has 0 atom stereocenters. The molecule has 0 spiro atoms. The zero-order valence-electron chi connectivity index (χ0n) is 8.13. The van der Waals surface area contributed by atoms with Crippen LogP contribution in [0.3, 0.4) is 0 Å². The van der Waals surface area contributed by atoms with E-state index in [-0.39, 0.29) is 5.78 Å². The number of aryl methyl sites for hydroxylation is 1. The van der Waals surface area contributed by atoms with Crippen LogP contribution in [0.2, 0.25) is 0 Å². The lowest BCUT2D eigenvalue weighted by Crippen LogP contribution is -2.00. The predicted octanol–water partition coefficient (Wildman–Crippen LogP) is 2.68. The average Bonchev–Trinajstić information content (AvgIpc) is 2.08. The first-order valence-corrected chi connectivity index (χ1v) is 4.34. The van der Waals surface area contributed by atoms with E-state index in [0.29, 0.717) is 12.0 Å². The third-order valence-electron chi connectivity index (χ3n) is 2.16. The normalized spacial score (nSPS) is 9.69. The average molecular weight is 174 g/mol. The molecule has 0 aliphatic rings. The summed E-state index contributed by atoms with van der Waals surface area (Å²) in [6.45, 7) is 7.34. The summed E-state index contributed by atoms with van der Waals surface area (Å²) in [5.74, 6) is 0.0725. The maximum absolute atomic E-state index is 11.0. The minimum Gasteiger partial charge on any atom is -0.295 e. The summed E-state index contributed by atoms with van der Waals surface area (Å²) in [4.78, 5) is 11.0. The Kier molecular flexibility index (Phi) is 3.02. The smallest absolute Gasteiger partial charge is 0.155 e. The fourth-order valence-corrected chi connectivity index (χ4v) is 1.16. The molecule has 0 aliphatic heterocycles. The highest BCUT2D eigenvalue weighted by Gasteiger charge is 2.03. The predicted molar refractivity (Wildman–Crippen MR) is 54.7 cm³/mol. The second-order valence-corrected chi connectivity index (χ2v) is 3.26. The van der Waals surface area contributed by atoms with E-state index in [1.54, 1.807) is 6.92 Å². The number of hydrogen-bond acceptors (Lipinski definition) is 1. The molecule has 1 rings (SSSR count). The highest BCUT2D eigenvalue weighted by molar-refractivity contribution is 5.93. The molecule has 13 heavy (non-hydrogen) atoms. The van der Waals surface area contributed by atoms with Gasteiger partial charge in [0, 0.05) is 6.42 Å². The molecule has 0 saturated carbocycles. The summed E-state index contributed by atoms with van der Waals surface area (Å²) in [7, 11) is 0. The van der Waals surface area contributed by atoms with Gasteiger partial charge in [-0.1, -0.05) is 30.8 Å². The highest BCUT2D eigenvalue weighted by atomic mass is 16.1. The minimum atomic E-state index is 0.0725. The Labute approximate surface area is 79.1 Å². The monoisotopic (exact) mass is 174 g/mol. The van der Waals surface area contributed by atoms with Gasteiger partial charge in [-0.25, -0.2) is 0 Å². The second kappa shape index (κ2) is 4.04. The van der Waals surface area contributed by atoms with E-state index in [4.69, 9.17) is 0 Å². The molecule has 1 heteroatoms. The topological polar surface area (TPSA) is 17.1 Å². The first kappa shape index (κ1) is 9.72. The molecule has 0 N–H and O–H groups in total. The van der Waals surface area contributed by atoms with Gasteiger partial charge in [-0.15, -0.1) is 0 Å². The van der Waals surface area contributed by atoms with E-state index >= 15 is 0 Å². The Hall–Kier alpha value is -1.37. The largest absolute Gasteiger partial charge is 0.295 e. The third kappa shape index (κ3) is 2.55. The summed E-state index contributed by atoms with van der Waals surface area (Å²) in [6.07, 6.45) is 0.669. The Balaban J connectivity index is 2.81. The van der Waals surface area contributed by atoms with E-state index in [0.717, 1.165) is 0 Å². The van der Waals surface area contributed by atoms with Crippen molar-refractivity contribution in [2.75, 3.05) is 0 Å². The molecule has 0 radical (unpaired) electrons. The van der Waals surface area contributed by atoms with Crippen LogP contribution >= 0.6 is 0 Å². The van der Waals surface area contributed by atoms with Crippen LogP contribution in [0.4, 0.5) is 0 Å². The van der Waals surface area contributed by atoms with Gasteiger partial charge in [-0.2, -0.15) is 0 Å². The van der Waals surface area contributed by atoms with Crippen molar-refractivity contribution in [3.63, 3.8) is 0 Å². The van der Waals surface area contributed by atoms with E-state index < -0.39 is 0 Å². The molecule has 1 aromatic rings. The number of allylic oxidation sites excluding steroid dienone is 1. The molecule has 0 saturated heterocycles. The molecule has 0 amide bonds.